The third-order valence-electron chi connectivity index (χ3n) is 3.62. The first-order valence-electron chi connectivity index (χ1n) is 7.96. The van der Waals surface area contributed by atoms with Crippen LogP contribution in [0.3, 0.4) is 0 Å². The third-order valence-corrected chi connectivity index (χ3v) is 3.62. The molecule has 2 N–H and O–H groups in total. The van der Waals surface area contributed by atoms with Crippen molar-refractivity contribution < 1.29 is 19.1 Å². The minimum atomic E-state index is -0.448. The van der Waals surface area contributed by atoms with E-state index in [4.69, 9.17) is 15.2 Å². The van der Waals surface area contributed by atoms with Crippen LogP contribution in [-0.4, -0.2) is 37.0 Å². The Bertz CT molecular complexity index is 704. The van der Waals surface area contributed by atoms with E-state index in [0.29, 0.717) is 18.0 Å². The normalized spacial score (nSPS) is 10.1. The molecule has 0 aliphatic rings. The van der Waals surface area contributed by atoms with Crippen molar-refractivity contribution in [3.8, 4) is 11.5 Å². The summed E-state index contributed by atoms with van der Waals surface area (Å²) in [6, 6.07) is 16.7. The van der Waals surface area contributed by atoms with Crippen LogP contribution in [0.25, 0.3) is 0 Å². The second kappa shape index (κ2) is 9.32. The molecule has 2 aromatic rings. The Balaban J connectivity index is 2.02. The van der Waals surface area contributed by atoms with Crippen LogP contribution in [0, 0.1) is 0 Å². The highest BCUT2D eigenvalue weighted by atomic mass is 16.5. The van der Waals surface area contributed by atoms with E-state index < -0.39 is 5.91 Å². The number of para-hydroxylation sites is 2. The van der Waals surface area contributed by atoms with Gasteiger partial charge in [-0.1, -0.05) is 42.5 Å². The molecule has 2 rings (SSSR count). The lowest BCUT2D eigenvalue weighted by Crippen LogP contribution is -2.36. The van der Waals surface area contributed by atoms with Crippen molar-refractivity contribution >= 4 is 11.8 Å². The van der Waals surface area contributed by atoms with Crippen molar-refractivity contribution in [2.45, 2.75) is 13.0 Å². The summed E-state index contributed by atoms with van der Waals surface area (Å²) < 4.78 is 10.8. The monoisotopic (exact) mass is 342 g/mol. The maximum absolute atomic E-state index is 12.5. The number of methoxy groups -OCH3 is 1. The summed E-state index contributed by atoms with van der Waals surface area (Å²) in [5.41, 5.74) is 6.18. The van der Waals surface area contributed by atoms with Crippen LogP contribution in [0.4, 0.5) is 0 Å². The maximum Gasteiger partial charge on any atom is 0.260 e. The van der Waals surface area contributed by atoms with Gasteiger partial charge >= 0.3 is 0 Å². The molecule has 0 saturated heterocycles. The molecule has 0 spiro atoms. The highest BCUT2D eigenvalue weighted by Crippen LogP contribution is 2.25. The van der Waals surface area contributed by atoms with E-state index in [0.717, 1.165) is 5.56 Å². The Morgan fingerprint density at radius 2 is 1.64 bits per heavy atom. The van der Waals surface area contributed by atoms with Gasteiger partial charge in [0.2, 0.25) is 5.91 Å². The van der Waals surface area contributed by atoms with Gasteiger partial charge in [-0.3, -0.25) is 9.59 Å². The molecule has 2 amide bonds. The molecule has 0 bridgehead atoms. The molecule has 0 heterocycles. The molecule has 0 aliphatic heterocycles. The Kier molecular flexibility index (Phi) is 6.83. The van der Waals surface area contributed by atoms with E-state index in [1.165, 1.54) is 0 Å². The number of nitrogens with two attached hydrogens (primary N) is 1. The number of hydrogen-bond donors (Lipinski definition) is 1. The topological polar surface area (TPSA) is 81.9 Å². The van der Waals surface area contributed by atoms with Crippen molar-refractivity contribution in [3.05, 3.63) is 60.2 Å². The smallest absolute Gasteiger partial charge is 0.260 e. The minimum Gasteiger partial charge on any atom is -0.493 e. The van der Waals surface area contributed by atoms with E-state index in [2.05, 4.69) is 0 Å². The first-order valence-corrected chi connectivity index (χ1v) is 7.96. The lowest BCUT2D eigenvalue weighted by atomic mass is 10.2. The number of carbonyl (C=O) groups excluding carboxylic acids is 2. The molecular formula is C19H22N2O4. The molecule has 25 heavy (non-hydrogen) atoms. The zero-order valence-electron chi connectivity index (χ0n) is 14.2. The molecule has 6 heteroatoms. The van der Waals surface area contributed by atoms with Crippen LogP contribution in [0.2, 0.25) is 0 Å². The second-order valence-corrected chi connectivity index (χ2v) is 5.46. The van der Waals surface area contributed by atoms with Crippen LogP contribution in [0.5, 0.6) is 11.5 Å². The van der Waals surface area contributed by atoms with Crippen molar-refractivity contribution in [3.63, 3.8) is 0 Å². The number of hydrogen-bond acceptors (Lipinski definition) is 4. The average Bonchev–Trinajstić information content (AvgIpc) is 2.64. The average molecular weight is 342 g/mol. The molecule has 0 saturated carbocycles. The summed E-state index contributed by atoms with van der Waals surface area (Å²) in [7, 11) is 1.54. The SMILES string of the molecule is COc1ccccc1OCC(=O)N(CCC(N)=O)Cc1ccccc1. The van der Waals surface area contributed by atoms with Crippen molar-refractivity contribution in [1.82, 2.24) is 4.90 Å². The van der Waals surface area contributed by atoms with Crippen LogP contribution < -0.4 is 15.2 Å². The largest absolute Gasteiger partial charge is 0.493 e. The van der Waals surface area contributed by atoms with Gasteiger partial charge in [-0.15, -0.1) is 0 Å². The molecule has 0 atom stereocenters. The van der Waals surface area contributed by atoms with Gasteiger partial charge in [0.25, 0.3) is 5.91 Å². The van der Waals surface area contributed by atoms with Crippen molar-refractivity contribution in [2.24, 2.45) is 5.73 Å². The third kappa shape index (κ3) is 5.84. The number of amides is 2. The fourth-order valence-electron chi connectivity index (χ4n) is 2.31. The molecule has 0 unspecified atom stereocenters. The summed E-state index contributed by atoms with van der Waals surface area (Å²) in [6.45, 7) is 0.493. The van der Waals surface area contributed by atoms with Gasteiger partial charge < -0.3 is 20.1 Å². The van der Waals surface area contributed by atoms with E-state index in [9.17, 15) is 9.59 Å². The summed E-state index contributed by atoms with van der Waals surface area (Å²) >= 11 is 0. The summed E-state index contributed by atoms with van der Waals surface area (Å²) in [5, 5.41) is 0. The van der Waals surface area contributed by atoms with Crippen LogP contribution in [-0.2, 0) is 16.1 Å². The molecule has 0 radical (unpaired) electrons. The van der Waals surface area contributed by atoms with E-state index in [1.54, 1.807) is 30.2 Å². The molecule has 2 aromatic carbocycles. The lowest BCUT2D eigenvalue weighted by Gasteiger charge is -2.22. The Labute approximate surface area is 147 Å². The van der Waals surface area contributed by atoms with Gasteiger partial charge in [0.05, 0.1) is 7.11 Å². The maximum atomic E-state index is 12.5. The first-order chi connectivity index (χ1) is 12.1. The molecule has 0 aliphatic carbocycles. The zero-order chi connectivity index (χ0) is 18.1. The van der Waals surface area contributed by atoms with Crippen LogP contribution >= 0.6 is 0 Å². The number of rotatable bonds is 9. The Morgan fingerprint density at radius 3 is 2.28 bits per heavy atom. The number of primary amides is 1. The number of carbonyl (C=O) groups is 2. The first kappa shape index (κ1) is 18.3. The van der Waals surface area contributed by atoms with Crippen molar-refractivity contribution in [2.75, 3.05) is 20.3 Å². The lowest BCUT2D eigenvalue weighted by molar-refractivity contribution is -0.134. The minimum absolute atomic E-state index is 0.104. The number of ether oxygens (including phenoxy) is 2. The molecule has 0 fully saturated rings. The molecule has 132 valence electrons. The standard InChI is InChI=1S/C19H22N2O4/c1-24-16-9-5-6-10-17(16)25-14-19(23)21(12-11-18(20)22)13-15-7-3-2-4-8-15/h2-10H,11-14H2,1H3,(H2,20,22). The van der Waals surface area contributed by atoms with Gasteiger partial charge in [-0.2, -0.15) is 0 Å². The van der Waals surface area contributed by atoms with Crippen LogP contribution in [0.1, 0.15) is 12.0 Å². The highest BCUT2D eigenvalue weighted by molar-refractivity contribution is 5.79. The summed E-state index contributed by atoms with van der Waals surface area (Å²) in [4.78, 5) is 25.2. The zero-order valence-corrected chi connectivity index (χ0v) is 14.2. The summed E-state index contributed by atoms with van der Waals surface area (Å²) in [6.07, 6.45) is 0.104. The molecular weight excluding hydrogens is 320 g/mol. The van der Waals surface area contributed by atoms with Gasteiger partial charge in [0, 0.05) is 19.5 Å². The van der Waals surface area contributed by atoms with E-state index >= 15 is 0 Å². The van der Waals surface area contributed by atoms with E-state index in [-0.39, 0.29) is 25.5 Å². The Hall–Kier alpha value is -3.02. The quantitative estimate of drug-likeness (QED) is 0.755. The van der Waals surface area contributed by atoms with Crippen LogP contribution in [0.15, 0.2) is 54.6 Å². The Morgan fingerprint density at radius 1 is 1.00 bits per heavy atom. The molecule has 6 nitrogen and oxygen atoms in total. The predicted molar refractivity (Wildman–Crippen MR) is 94.2 cm³/mol. The van der Waals surface area contributed by atoms with Gasteiger partial charge in [0.15, 0.2) is 18.1 Å². The number of benzene rings is 2. The predicted octanol–water partition coefficient (Wildman–Crippen LogP) is 1.98. The van der Waals surface area contributed by atoms with Crippen molar-refractivity contribution in [1.29, 1.82) is 0 Å². The summed E-state index contributed by atoms with van der Waals surface area (Å²) in [5.74, 6) is 0.377. The molecule has 0 aromatic heterocycles. The van der Waals surface area contributed by atoms with E-state index in [1.807, 2.05) is 36.4 Å². The van der Waals surface area contributed by atoms with Gasteiger partial charge in [-0.05, 0) is 17.7 Å². The van der Waals surface area contributed by atoms with Gasteiger partial charge in [-0.25, -0.2) is 0 Å². The fraction of sp³-hybridized carbons (Fsp3) is 0.263. The second-order valence-electron chi connectivity index (χ2n) is 5.46. The number of nitrogens with zero attached hydrogens (tertiary/aromatic N) is 1. The highest BCUT2D eigenvalue weighted by Gasteiger charge is 2.16. The fourth-order valence-corrected chi connectivity index (χ4v) is 2.31. The van der Waals surface area contributed by atoms with Gasteiger partial charge in [0.1, 0.15) is 0 Å².